The second kappa shape index (κ2) is 5.99. The van der Waals surface area contributed by atoms with Gasteiger partial charge in [-0.15, -0.1) is 0 Å². The third-order valence-electron chi connectivity index (χ3n) is 5.33. The molecule has 0 amide bonds. The van der Waals surface area contributed by atoms with Gasteiger partial charge < -0.3 is 28.9 Å². The Hall–Kier alpha value is -3.54. The summed E-state index contributed by atoms with van der Waals surface area (Å²) in [6, 6.07) is 12.1. The molecule has 0 aliphatic heterocycles. The van der Waals surface area contributed by atoms with E-state index in [1.807, 2.05) is 24.3 Å². The lowest BCUT2D eigenvalue weighted by atomic mass is 10.1. The minimum Gasteiger partial charge on any atom is -0.493 e. The number of aromatic amines is 2. The van der Waals surface area contributed by atoms with Crippen molar-refractivity contribution < 1.29 is 18.9 Å². The van der Waals surface area contributed by atoms with E-state index in [1.54, 1.807) is 28.4 Å². The standard InChI is InChI=1S/C22H20N2O4/c1-25-15-9-12-14(10-16(15)26-2)24-20-18(12)22(28-4)21(27-3)17-11-7-5-6-8-13(11)23-19(17)20/h5-10,23-24H,1-4H3. The van der Waals surface area contributed by atoms with Gasteiger partial charge in [-0.25, -0.2) is 0 Å². The molecule has 0 saturated carbocycles. The molecule has 0 saturated heterocycles. The largest absolute Gasteiger partial charge is 0.493 e. The Morgan fingerprint density at radius 1 is 0.607 bits per heavy atom. The summed E-state index contributed by atoms with van der Waals surface area (Å²) in [6.45, 7) is 0. The number of nitrogens with one attached hydrogen (secondary N) is 2. The second-order valence-corrected chi connectivity index (χ2v) is 6.61. The van der Waals surface area contributed by atoms with E-state index in [9.17, 15) is 0 Å². The molecule has 0 spiro atoms. The third kappa shape index (κ3) is 2.03. The predicted molar refractivity (Wildman–Crippen MR) is 111 cm³/mol. The van der Waals surface area contributed by atoms with Crippen LogP contribution in [0.4, 0.5) is 0 Å². The Bertz CT molecular complexity index is 1360. The number of benzene rings is 3. The van der Waals surface area contributed by atoms with Crippen molar-refractivity contribution in [3.63, 3.8) is 0 Å². The van der Waals surface area contributed by atoms with Crippen LogP contribution in [-0.2, 0) is 0 Å². The van der Waals surface area contributed by atoms with Gasteiger partial charge in [0.1, 0.15) is 0 Å². The molecule has 2 N–H and O–H groups in total. The van der Waals surface area contributed by atoms with Crippen molar-refractivity contribution in [2.45, 2.75) is 0 Å². The van der Waals surface area contributed by atoms with Crippen LogP contribution in [0.5, 0.6) is 23.0 Å². The normalized spacial score (nSPS) is 11.6. The highest BCUT2D eigenvalue weighted by molar-refractivity contribution is 6.26. The van der Waals surface area contributed by atoms with Crippen molar-refractivity contribution in [1.29, 1.82) is 0 Å². The molecule has 0 radical (unpaired) electrons. The lowest BCUT2D eigenvalue weighted by Crippen LogP contribution is -1.93. The molecule has 6 nitrogen and oxygen atoms in total. The molecular weight excluding hydrogens is 356 g/mol. The van der Waals surface area contributed by atoms with E-state index in [2.05, 4.69) is 22.1 Å². The van der Waals surface area contributed by atoms with Gasteiger partial charge in [0.05, 0.1) is 55.8 Å². The van der Waals surface area contributed by atoms with Crippen LogP contribution < -0.4 is 18.9 Å². The predicted octanol–water partition coefficient (Wildman–Crippen LogP) is 4.99. The summed E-state index contributed by atoms with van der Waals surface area (Å²) in [4.78, 5) is 7.07. The van der Waals surface area contributed by atoms with Crippen molar-refractivity contribution in [2.24, 2.45) is 0 Å². The highest BCUT2D eigenvalue weighted by Gasteiger charge is 2.24. The molecule has 0 aliphatic carbocycles. The van der Waals surface area contributed by atoms with Crippen LogP contribution in [-0.4, -0.2) is 38.4 Å². The number of ether oxygens (including phenoxy) is 4. The monoisotopic (exact) mass is 376 g/mol. The molecular formula is C22H20N2O4. The average Bonchev–Trinajstić information content (AvgIpc) is 3.29. The van der Waals surface area contributed by atoms with Crippen LogP contribution in [0.15, 0.2) is 36.4 Å². The summed E-state index contributed by atoms with van der Waals surface area (Å²) in [5.74, 6) is 2.72. The van der Waals surface area contributed by atoms with Gasteiger partial charge in [0.25, 0.3) is 0 Å². The van der Waals surface area contributed by atoms with E-state index in [1.165, 1.54) is 0 Å². The number of fused-ring (bicyclic) bond motifs is 7. The molecule has 0 unspecified atom stereocenters. The van der Waals surface area contributed by atoms with E-state index in [-0.39, 0.29) is 0 Å². The van der Waals surface area contributed by atoms with E-state index in [0.29, 0.717) is 23.0 Å². The highest BCUT2D eigenvalue weighted by atomic mass is 16.5. The van der Waals surface area contributed by atoms with Gasteiger partial charge in [0.2, 0.25) is 0 Å². The third-order valence-corrected chi connectivity index (χ3v) is 5.33. The van der Waals surface area contributed by atoms with Crippen LogP contribution in [0.1, 0.15) is 0 Å². The zero-order valence-electron chi connectivity index (χ0n) is 16.1. The van der Waals surface area contributed by atoms with Gasteiger partial charge in [-0.3, -0.25) is 0 Å². The first kappa shape index (κ1) is 16.6. The molecule has 6 heteroatoms. The highest BCUT2D eigenvalue weighted by Crippen LogP contribution is 2.49. The zero-order chi connectivity index (χ0) is 19.4. The lowest BCUT2D eigenvalue weighted by molar-refractivity contribution is 0.355. The molecule has 0 bridgehead atoms. The lowest BCUT2D eigenvalue weighted by Gasteiger charge is -2.12. The maximum absolute atomic E-state index is 5.84. The Kier molecular flexibility index (Phi) is 3.55. The van der Waals surface area contributed by atoms with Crippen LogP contribution in [0.3, 0.4) is 0 Å². The molecule has 3 aromatic carbocycles. The van der Waals surface area contributed by atoms with Gasteiger partial charge in [-0.1, -0.05) is 18.2 Å². The Morgan fingerprint density at radius 2 is 1.18 bits per heavy atom. The fraction of sp³-hybridized carbons (Fsp3) is 0.182. The van der Waals surface area contributed by atoms with Gasteiger partial charge in [0.15, 0.2) is 23.0 Å². The summed E-state index contributed by atoms with van der Waals surface area (Å²) >= 11 is 0. The molecule has 2 aromatic heterocycles. The van der Waals surface area contributed by atoms with Crippen molar-refractivity contribution >= 4 is 43.6 Å². The van der Waals surface area contributed by atoms with Crippen molar-refractivity contribution in [3.05, 3.63) is 36.4 Å². The van der Waals surface area contributed by atoms with Gasteiger partial charge >= 0.3 is 0 Å². The number of hydrogen-bond acceptors (Lipinski definition) is 4. The summed E-state index contributed by atoms with van der Waals surface area (Å²) in [6.07, 6.45) is 0. The molecule has 0 atom stereocenters. The molecule has 5 aromatic rings. The van der Waals surface area contributed by atoms with Crippen LogP contribution in [0.2, 0.25) is 0 Å². The first-order valence-corrected chi connectivity index (χ1v) is 8.93. The number of methoxy groups -OCH3 is 4. The molecule has 0 fully saturated rings. The molecule has 28 heavy (non-hydrogen) atoms. The SMILES string of the molecule is COc1cc2[nH]c3c4[nH]c5ccccc5c4c(OC)c(OC)c3c2cc1OC. The minimum absolute atomic E-state index is 0.661. The quantitative estimate of drug-likeness (QED) is 0.464. The van der Waals surface area contributed by atoms with Crippen LogP contribution in [0.25, 0.3) is 43.6 Å². The Balaban J connectivity index is 2.06. The summed E-state index contributed by atoms with van der Waals surface area (Å²) in [5.41, 5.74) is 3.90. The summed E-state index contributed by atoms with van der Waals surface area (Å²) in [7, 11) is 6.60. The van der Waals surface area contributed by atoms with Crippen molar-refractivity contribution in [3.8, 4) is 23.0 Å². The Labute approximate surface area is 160 Å². The fourth-order valence-corrected chi connectivity index (χ4v) is 4.13. The van der Waals surface area contributed by atoms with Crippen LogP contribution >= 0.6 is 0 Å². The average molecular weight is 376 g/mol. The maximum atomic E-state index is 5.84. The van der Waals surface area contributed by atoms with E-state index < -0.39 is 0 Å². The number of aromatic nitrogens is 2. The zero-order valence-corrected chi connectivity index (χ0v) is 16.1. The number of hydrogen-bond donors (Lipinski definition) is 2. The smallest absolute Gasteiger partial charge is 0.171 e. The number of para-hydroxylation sites is 1. The van der Waals surface area contributed by atoms with Crippen LogP contribution in [0, 0.1) is 0 Å². The van der Waals surface area contributed by atoms with Crippen molar-refractivity contribution in [1.82, 2.24) is 9.97 Å². The molecule has 142 valence electrons. The Morgan fingerprint density at radius 3 is 1.82 bits per heavy atom. The maximum Gasteiger partial charge on any atom is 0.171 e. The molecule has 0 aliphatic rings. The molecule has 2 heterocycles. The van der Waals surface area contributed by atoms with E-state index in [0.717, 1.165) is 43.6 Å². The van der Waals surface area contributed by atoms with E-state index in [4.69, 9.17) is 18.9 Å². The number of rotatable bonds is 4. The first-order valence-electron chi connectivity index (χ1n) is 8.93. The molecule has 5 rings (SSSR count). The topological polar surface area (TPSA) is 68.5 Å². The second-order valence-electron chi connectivity index (χ2n) is 6.61. The van der Waals surface area contributed by atoms with E-state index >= 15 is 0 Å². The summed E-state index contributed by atoms with van der Waals surface area (Å²) in [5, 5.41) is 3.99. The van der Waals surface area contributed by atoms with Gasteiger partial charge in [-0.2, -0.15) is 0 Å². The first-order chi connectivity index (χ1) is 13.7. The van der Waals surface area contributed by atoms with Gasteiger partial charge in [-0.05, 0) is 12.1 Å². The van der Waals surface area contributed by atoms with Gasteiger partial charge in [0, 0.05) is 22.4 Å². The van der Waals surface area contributed by atoms with Crippen molar-refractivity contribution in [2.75, 3.05) is 28.4 Å². The number of H-pyrrole nitrogens is 2. The summed E-state index contributed by atoms with van der Waals surface area (Å²) < 4.78 is 22.6. The fourth-order valence-electron chi connectivity index (χ4n) is 4.13. The minimum atomic E-state index is 0.661.